The van der Waals surface area contributed by atoms with Gasteiger partial charge in [-0.05, 0) is 31.2 Å². The van der Waals surface area contributed by atoms with E-state index in [1.54, 1.807) is 31.2 Å². The molecule has 1 amide bonds. The van der Waals surface area contributed by atoms with Gasteiger partial charge in [-0.15, -0.1) is 12.4 Å². The Bertz CT molecular complexity index is 508. The number of aromatic nitrogens is 1. The van der Waals surface area contributed by atoms with Gasteiger partial charge in [0.25, 0.3) is 5.91 Å². The quantitative estimate of drug-likeness (QED) is 0.805. The van der Waals surface area contributed by atoms with Crippen LogP contribution < -0.4 is 11.1 Å². The summed E-state index contributed by atoms with van der Waals surface area (Å²) in [4.78, 5) is 11.7. The summed E-state index contributed by atoms with van der Waals surface area (Å²) < 4.78 is 4.81. The first-order chi connectivity index (χ1) is 7.66. The van der Waals surface area contributed by atoms with E-state index in [9.17, 15) is 4.79 Å². The number of nitrogens with one attached hydrogen (secondary N) is 1. The fraction of sp³-hybridized carbons (Fsp3) is 0.0909. The summed E-state index contributed by atoms with van der Waals surface area (Å²) in [5.41, 5.74) is 7.30. The molecule has 0 aliphatic carbocycles. The molecule has 2 rings (SSSR count). The number of nitrogens with two attached hydrogens (primary N) is 1. The van der Waals surface area contributed by atoms with Crippen molar-refractivity contribution in [3.8, 4) is 0 Å². The third-order valence-corrected chi connectivity index (χ3v) is 2.16. The lowest BCUT2D eigenvalue weighted by atomic mass is 10.2. The Kier molecular flexibility index (Phi) is 4.12. The molecule has 0 fully saturated rings. The number of carbonyl (C=O) groups is 1. The second kappa shape index (κ2) is 5.36. The number of halogens is 1. The highest BCUT2D eigenvalue weighted by Gasteiger charge is 2.12. The molecule has 1 heterocycles. The van der Waals surface area contributed by atoms with E-state index in [0.717, 1.165) is 0 Å². The van der Waals surface area contributed by atoms with Crippen molar-refractivity contribution in [2.45, 2.75) is 6.92 Å². The SMILES string of the molecule is Cc1oncc1C(=O)Nc1ccc(N)cc1.Cl. The number of rotatable bonds is 2. The summed E-state index contributed by atoms with van der Waals surface area (Å²) >= 11 is 0. The summed E-state index contributed by atoms with van der Waals surface area (Å²) in [5, 5.41) is 6.26. The number of carbonyl (C=O) groups excluding carboxylic acids is 1. The molecule has 1 aromatic heterocycles. The molecular weight excluding hydrogens is 242 g/mol. The van der Waals surface area contributed by atoms with Crippen molar-refractivity contribution in [3.05, 3.63) is 41.8 Å². The summed E-state index contributed by atoms with van der Waals surface area (Å²) in [6.45, 7) is 1.69. The zero-order valence-corrected chi connectivity index (χ0v) is 9.95. The lowest BCUT2D eigenvalue weighted by Crippen LogP contribution is -2.12. The number of anilines is 2. The molecule has 0 saturated carbocycles. The Labute approximate surface area is 104 Å². The topological polar surface area (TPSA) is 81.2 Å². The Hall–Kier alpha value is -2.01. The fourth-order valence-corrected chi connectivity index (χ4v) is 1.28. The van der Waals surface area contributed by atoms with Gasteiger partial charge in [0.05, 0.1) is 6.20 Å². The number of hydrogen-bond acceptors (Lipinski definition) is 4. The highest BCUT2D eigenvalue weighted by Crippen LogP contribution is 2.13. The van der Waals surface area contributed by atoms with Crippen molar-refractivity contribution in [3.63, 3.8) is 0 Å². The highest BCUT2D eigenvalue weighted by molar-refractivity contribution is 6.04. The second-order valence-corrected chi connectivity index (χ2v) is 3.37. The maximum Gasteiger partial charge on any atom is 0.260 e. The Morgan fingerprint density at radius 3 is 2.53 bits per heavy atom. The first-order valence-corrected chi connectivity index (χ1v) is 4.75. The maximum absolute atomic E-state index is 11.7. The monoisotopic (exact) mass is 253 g/mol. The van der Waals surface area contributed by atoms with Gasteiger partial charge in [0.1, 0.15) is 11.3 Å². The summed E-state index contributed by atoms with van der Waals surface area (Å²) in [5.74, 6) is 0.247. The van der Waals surface area contributed by atoms with Gasteiger partial charge in [-0.2, -0.15) is 0 Å². The number of nitrogens with zero attached hydrogens (tertiary/aromatic N) is 1. The van der Waals surface area contributed by atoms with Crippen LogP contribution in [-0.2, 0) is 0 Å². The number of amides is 1. The number of benzene rings is 1. The lowest BCUT2D eigenvalue weighted by Gasteiger charge is -2.03. The molecule has 6 heteroatoms. The van der Waals surface area contributed by atoms with Crippen LogP contribution in [0.15, 0.2) is 35.0 Å². The van der Waals surface area contributed by atoms with Crippen LogP contribution in [0.2, 0.25) is 0 Å². The smallest absolute Gasteiger partial charge is 0.260 e. The minimum Gasteiger partial charge on any atom is -0.399 e. The van der Waals surface area contributed by atoms with Gasteiger partial charge in [0.15, 0.2) is 0 Å². The molecule has 0 aliphatic rings. The third-order valence-electron chi connectivity index (χ3n) is 2.16. The van der Waals surface area contributed by atoms with Crippen LogP contribution in [0.5, 0.6) is 0 Å². The molecule has 2 aromatic rings. The van der Waals surface area contributed by atoms with E-state index >= 15 is 0 Å². The second-order valence-electron chi connectivity index (χ2n) is 3.37. The first kappa shape index (κ1) is 13.1. The molecule has 3 N–H and O–H groups in total. The van der Waals surface area contributed by atoms with E-state index in [4.69, 9.17) is 10.3 Å². The Morgan fingerprint density at radius 2 is 2.00 bits per heavy atom. The zero-order chi connectivity index (χ0) is 11.5. The molecule has 0 saturated heterocycles. The van der Waals surface area contributed by atoms with Gasteiger partial charge in [0, 0.05) is 11.4 Å². The van der Waals surface area contributed by atoms with E-state index < -0.39 is 0 Å². The Balaban J connectivity index is 0.00000144. The molecule has 0 bridgehead atoms. The number of aryl methyl sites for hydroxylation is 1. The van der Waals surface area contributed by atoms with E-state index in [0.29, 0.717) is 22.7 Å². The van der Waals surface area contributed by atoms with Crippen molar-refractivity contribution in [2.75, 3.05) is 11.1 Å². The number of nitrogen functional groups attached to an aromatic ring is 1. The standard InChI is InChI=1S/C11H11N3O2.ClH/c1-7-10(6-13-16-7)11(15)14-9-4-2-8(12)3-5-9;/h2-6H,12H2,1H3,(H,14,15);1H. The van der Waals surface area contributed by atoms with Gasteiger partial charge in [0.2, 0.25) is 0 Å². The van der Waals surface area contributed by atoms with E-state index in [2.05, 4.69) is 10.5 Å². The minimum absolute atomic E-state index is 0. The Morgan fingerprint density at radius 1 is 1.35 bits per heavy atom. The molecule has 1 aromatic carbocycles. The van der Waals surface area contributed by atoms with E-state index in [1.807, 2.05) is 0 Å². The molecule has 17 heavy (non-hydrogen) atoms. The van der Waals surface area contributed by atoms with Gasteiger partial charge >= 0.3 is 0 Å². The predicted octanol–water partition coefficient (Wildman–Crippen LogP) is 2.24. The van der Waals surface area contributed by atoms with Crippen LogP contribution >= 0.6 is 12.4 Å². The third kappa shape index (κ3) is 2.98. The molecule has 0 atom stereocenters. The molecule has 0 radical (unpaired) electrons. The van der Waals surface area contributed by atoms with Crippen molar-refractivity contribution < 1.29 is 9.32 Å². The van der Waals surface area contributed by atoms with E-state index in [1.165, 1.54) is 6.20 Å². The average Bonchev–Trinajstić information content (AvgIpc) is 2.68. The van der Waals surface area contributed by atoms with Crippen molar-refractivity contribution >= 4 is 29.7 Å². The van der Waals surface area contributed by atoms with Crippen LogP contribution in [0.3, 0.4) is 0 Å². The molecule has 0 unspecified atom stereocenters. The molecule has 0 spiro atoms. The molecule has 90 valence electrons. The molecule has 5 nitrogen and oxygen atoms in total. The maximum atomic E-state index is 11.7. The van der Waals surface area contributed by atoms with Crippen LogP contribution in [0.4, 0.5) is 11.4 Å². The molecular formula is C11H12ClN3O2. The number of hydrogen-bond donors (Lipinski definition) is 2. The van der Waals surface area contributed by atoms with Gasteiger partial charge in [-0.1, -0.05) is 5.16 Å². The predicted molar refractivity (Wildman–Crippen MR) is 67.3 cm³/mol. The van der Waals surface area contributed by atoms with Crippen molar-refractivity contribution in [2.24, 2.45) is 0 Å². The average molecular weight is 254 g/mol. The van der Waals surface area contributed by atoms with Crippen LogP contribution in [0.25, 0.3) is 0 Å². The summed E-state index contributed by atoms with van der Waals surface area (Å²) in [7, 11) is 0. The summed E-state index contributed by atoms with van der Waals surface area (Å²) in [6.07, 6.45) is 1.39. The minimum atomic E-state index is -0.247. The highest BCUT2D eigenvalue weighted by atomic mass is 35.5. The van der Waals surface area contributed by atoms with E-state index in [-0.39, 0.29) is 18.3 Å². The first-order valence-electron chi connectivity index (χ1n) is 4.75. The summed E-state index contributed by atoms with van der Waals surface area (Å²) in [6, 6.07) is 6.90. The van der Waals surface area contributed by atoms with Gasteiger partial charge < -0.3 is 15.6 Å². The van der Waals surface area contributed by atoms with Crippen LogP contribution in [-0.4, -0.2) is 11.1 Å². The lowest BCUT2D eigenvalue weighted by molar-refractivity contribution is 0.102. The normalized spacial score (nSPS) is 9.47. The zero-order valence-electron chi connectivity index (χ0n) is 9.14. The van der Waals surface area contributed by atoms with Gasteiger partial charge in [-0.3, -0.25) is 4.79 Å². The van der Waals surface area contributed by atoms with Crippen molar-refractivity contribution in [1.82, 2.24) is 5.16 Å². The van der Waals surface area contributed by atoms with Crippen molar-refractivity contribution in [1.29, 1.82) is 0 Å². The van der Waals surface area contributed by atoms with Crippen LogP contribution in [0.1, 0.15) is 16.1 Å². The van der Waals surface area contributed by atoms with Crippen LogP contribution in [0, 0.1) is 6.92 Å². The largest absolute Gasteiger partial charge is 0.399 e. The molecule has 0 aliphatic heterocycles. The van der Waals surface area contributed by atoms with Gasteiger partial charge in [-0.25, -0.2) is 0 Å². The fourth-order valence-electron chi connectivity index (χ4n) is 1.28.